The van der Waals surface area contributed by atoms with Crippen molar-refractivity contribution in [3.05, 3.63) is 55.9 Å². The Bertz CT molecular complexity index is 637. The van der Waals surface area contributed by atoms with Crippen molar-refractivity contribution in [2.75, 3.05) is 0 Å². The molecule has 0 bridgehead atoms. The lowest BCUT2D eigenvalue weighted by Crippen LogP contribution is -1.87. The van der Waals surface area contributed by atoms with Gasteiger partial charge < -0.3 is 4.74 Å². The van der Waals surface area contributed by atoms with Crippen LogP contribution in [0.4, 0.5) is 0 Å². The normalized spacial score (nSPS) is 9.89. The van der Waals surface area contributed by atoms with Crippen molar-refractivity contribution in [1.82, 2.24) is 0 Å². The van der Waals surface area contributed by atoms with E-state index in [1.54, 1.807) is 30.3 Å². The summed E-state index contributed by atoms with van der Waals surface area (Å²) in [6.45, 7) is 0. The molecule has 18 heavy (non-hydrogen) atoms. The van der Waals surface area contributed by atoms with Crippen LogP contribution in [0.25, 0.3) is 0 Å². The van der Waals surface area contributed by atoms with Crippen LogP contribution in [-0.4, -0.2) is 0 Å². The van der Waals surface area contributed by atoms with E-state index in [0.717, 1.165) is 4.47 Å². The molecule has 0 aliphatic carbocycles. The van der Waals surface area contributed by atoms with Gasteiger partial charge >= 0.3 is 0 Å². The van der Waals surface area contributed by atoms with Gasteiger partial charge in [0.05, 0.1) is 21.1 Å². The molecule has 2 nitrogen and oxygen atoms in total. The lowest BCUT2D eigenvalue weighted by Gasteiger charge is -2.09. The van der Waals surface area contributed by atoms with Gasteiger partial charge in [0, 0.05) is 4.47 Å². The average molecular weight is 387 g/mol. The summed E-state index contributed by atoms with van der Waals surface area (Å²) in [5.74, 6) is 1.16. The molecule has 0 spiro atoms. The van der Waals surface area contributed by atoms with Crippen LogP contribution < -0.4 is 4.74 Å². The highest BCUT2D eigenvalue weighted by Crippen LogP contribution is 2.35. The first-order valence-electron chi connectivity index (χ1n) is 4.92. The summed E-state index contributed by atoms with van der Waals surface area (Å²) in [4.78, 5) is 0. The van der Waals surface area contributed by atoms with Gasteiger partial charge in [0.15, 0.2) is 0 Å². The smallest absolute Gasteiger partial charge is 0.147 e. The largest absolute Gasteiger partial charge is 0.455 e. The number of nitriles is 1. The van der Waals surface area contributed by atoms with E-state index in [0.29, 0.717) is 26.6 Å². The molecule has 0 unspecified atom stereocenters. The molecule has 0 amide bonds. The Labute approximate surface area is 126 Å². The standard InChI is InChI=1S/C13H6Br2ClNO/c14-9-2-3-11(16)13(6-9)18-12-4-1-8(7-17)5-10(12)15/h1-6H. The van der Waals surface area contributed by atoms with Gasteiger partial charge in [-0.05, 0) is 52.3 Å². The predicted octanol–water partition coefficient (Wildman–Crippen LogP) is 5.53. The Morgan fingerprint density at radius 1 is 1.06 bits per heavy atom. The van der Waals surface area contributed by atoms with Crippen molar-refractivity contribution < 1.29 is 4.74 Å². The van der Waals surface area contributed by atoms with Crippen molar-refractivity contribution in [3.8, 4) is 17.6 Å². The van der Waals surface area contributed by atoms with Crippen molar-refractivity contribution in [2.45, 2.75) is 0 Å². The van der Waals surface area contributed by atoms with Crippen LogP contribution in [0.2, 0.25) is 5.02 Å². The number of halogens is 3. The minimum absolute atomic E-state index is 0.523. The molecule has 0 saturated heterocycles. The number of rotatable bonds is 2. The third-order valence-electron chi connectivity index (χ3n) is 2.17. The Morgan fingerprint density at radius 3 is 2.50 bits per heavy atom. The fraction of sp³-hybridized carbons (Fsp3) is 0. The highest BCUT2D eigenvalue weighted by atomic mass is 79.9. The number of ether oxygens (including phenoxy) is 1. The van der Waals surface area contributed by atoms with Crippen molar-refractivity contribution in [1.29, 1.82) is 5.26 Å². The summed E-state index contributed by atoms with van der Waals surface area (Å²) < 4.78 is 7.29. The SMILES string of the molecule is N#Cc1ccc(Oc2cc(Br)ccc2Cl)c(Br)c1. The first-order valence-corrected chi connectivity index (χ1v) is 6.89. The molecule has 5 heteroatoms. The minimum Gasteiger partial charge on any atom is -0.455 e. The molecule has 0 N–H and O–H groups in total. The molecule has 0 heterocycles. The van der Waals surface area contributed by atoms with Gasteiger partial charge in [-0.3, -0.25) is 0 Å². The van der Waals surface area contributed by atoms with Crippen LogP contribution >= 0.6 is 43.5 Å². The highest BCUT2D eigenvalue weighted by molar-refractivity contribution is 9.10. The number of hydrogen-bond acceptors (Lipinski definition) is 2. The maximum absolute atomic E-state index is 8.78. The molecule has 2 aromatic rings. The van der Waals surface area contributed by atoms with E-state index in [-0.39, 0.29) is 0 Å². The lowest BCUT2D eigenvalue weighted by molar-refractivity contribution is 0.479. The molecule has 0 atom stereocenters. The Balaban J connectivity index is 2.34. The van der Waals surface area contributed by atoms with E-state index in [2.05, 4.69) is 37.9 Å². The average Bonchev–Trinajstić information content (AvgIpc) is 2.36. The van der Waals surface area contributed by atoms with E-state index < -0.39 is 0 Å². The van der Waals surface area contributed by atoms with Gasteiger partial charge in [-0.1, -0.05) is 27.5 Å². The fourth-order valence-electron chi connectivity index (χ4n) is 1.33. The number of nitrogens with zero attached hydrogens (tertiary/aromatic N) is 1. The molecule has 2 aromatic carbocycles. The summed E-state index contributed by atoms with van der Waals surface area (Å²) in [5.41, 5.74) is 0.564. The van der Waals surface area contributed by atoms with E-state index in [1.165, 1.54) is 0 Å². The summed E-state index contributed by atoms with van der Waals surface area (Å²) >= 11 is 12.8. The first-order chi connectivity index (χ1) is 8.60. The summed E-state index contributed by atoms with van der Waals surface area (Å²) in [6.07, 6.45) is 0. The zero-order valence-electron chi connectivity index (χ0n) is 8.95. The second-order valence-corrected chi connectivity index (χ2v) is 5.61. The third-order valence-corrected chi connectivity index (χ3v) is 3.60. The van der Waals surface area contributed by atoms with Crippen molar-refractivity contribution >= 4 is 43.5 Å². The lowest BCUT2D eigenvalue weighted by atomic mass is 10.2. The zero-order valence-corrected chi connectivity index (χ0v) is 12.9. The molecule has 0 saturated carbocycles. The Hall–Kier alpha value is -1.02. The summed E-state index contributed by atoms with van der Waals surface area (Å²) in [5, 5.41) is 9.31. The molecule has 90 valence electrons. The third kappa shape index (κ3) is 3.05. The first kappa shape index (κ1) is 13.4. The summed E-state index contributed by atoms with van der Waals surface area (Å²) in [7, 11) is 0. The van der Waals surface area contributed by atoms with Gasteiger partial charge in [0.2, 0.25) is 0 Å². The van der Waals surface area contributed by atoms with Crippen LogP contribution in [0.15, 0.2) is 45.3 Å². The van der Waals surface area contributed by atoms with E-state index in [9.17, 15) is 0 Å². The quantitative estimate of drug-likeness (QED) is 0.679. The van der Waals surface area contributed by atoms with E-state index in [4.69, 9.17) is 21.6 Å². The summed E-state index contributed by atoms with van der Waals surface area (Å²) in [6, 6.07) is 12.5. The zero-order chi connectivity index (χ0) is 13.1. The van der Waals surface area contributed by atoms with Gasteiger partial charge in [-0.15, -0.1) is 0 Å². The maximum Gasteiger partial charge on any atom is 0.147 e. The molecule has 0 fully saturated rings. The molecule has 0 radical (unpaired) electrons. The van der Waals surface area contributed by atoms with Crippen molar-refractivity contribution in [2.24, 2.45) is 0 Å². The molecule has 2 rings (SSSR count). The predicted molar refractivity (Wildman–Crippen MR) is 78.1 cm³/mol. The van der Waals surface area contributed by atoms with Crippen LogP contribution in [0.3, 0.4) is 0 Å². The maximum atomic E-state index is 8.78. The molecular weight excluding hydrogens is 381 g/mol. The van der Waals surface area contributed by atoms with Gasteiger partial charge in [-0.25, -0.2) is 0 Å². The number of hydrogen-bond donors (Lipinski definition) is 0. The second kappa shape index (κ2) is 5.75. The van der Waals surface area contributed by atoms with Crippen LogP contribution in [-0.2, 0) is 0 Å². The highest BCUT2D eigenvalue weighted by Gasteiger charge is 2.07. The van der Waals surface area contributed by atoms with Gasteiger partial charge in [0.1, 0.15) is 11.5 Å². The van der Waals surface area contributed by atoms with Crippen LogP contribution in [0, 0.1) is 11.3 Å². The number of benzene rings is 2. The Kier molecular flexibility index (Phi) is 4.28. The van der Waals surface area contributed by atoms with Crippen LogP contribution in [0.5, 0.6) is 11.5 Å². The minimum atomic E-state index is 0.523. The monoisotopic (exact) mass is 385 g/mol. The molecule has 0 aliphatic heterocycles. The van der Waals surface area contributed by atoms with E-state index >= 15 is 0 Å². The van der Waals surface area contributed by atoms with E-state index in [1.807, 2.05) is 6.07 Å². The Morgan fingerprint density at radius 2 is 1.83 bits per heavy atom. The molecular formula is C13H6Br2ClNO. The fourth-order valence-corrected chi connectivity index (χ4v) is 2.28. The molecule has 0 aromatic heterocycles. The van der Waals surface area contributed by atoms with Crippen molar-refractivity contribution in [3.63, 3.8) is 0 Å². The van der Waals surface area contributed by atoms with Gasteiger partial charge in [0.25, 0.3) is 0 Å². The van der Waals surface area contributed by atoms with Crippen LogP contribution in [0.1, 0.15) is 5.56 Å². The molecule has 0 aliphatic rings. The van der Waals surface area contributed by atoms with Gasteiger partial charge in [-0.2, -0.15) is 5.26 Å². The topological polar surface area (TPSA) is 33.0 Å². The second-order valence-electron chi connectivity index (χ2n) is 3.43.